The fourth-order valence-electron chi connectivity index (χ4n) is 4.72. The zero-order valence-corrected chi connectivity index (χ0v) is 26.6. The number of pyridine rings is 2. The van der Waals surface area contributed by atoms with Crippen LogP contribution < -0.4 is 0 Å². The molecule has 14 heteroatoms. The second-order valence-corrected chi connectivity index (χ2v) is 10.8. The third kappa shape index (κ3) is 12.1. The molecule has 48 heavy (non-hydrogen) atoms. The molecule has 4 N–H and O–H groups in total. The van der Waals surface area contributed by atoms with Crippen LogP contribution in [0.2, 0.25) is 0 Å². The van der Waals surface area contributed by atoms with Gasteiger partial charge >= 0.3 is 11.9 Å². The highest BCUT2D eigenvalue weighted by atomic mass is 16.4. The third-order valence-corrected chi connectivity index (χ3v) is 7.03. The Labute approximate surface area is 278 Å². The second kappa shape index (κ2) is 19.6. The van der Waals surface area contributed by atoms with Crippen molar-refractivity contribution in [2.45, 2.75) is 64.5 Å². The summed E-state index contributed by atoms with van der Waals surface area (Å²) in [5.41, 5.74) is 2.27. The average molecular weight is 653 g/mol. The Balaban J connectivity index is 0.000000164. The maximum atomic E-state index is 10.1. The Hall–Kier alpha value is -5.92. The summed E-state index contributed by atoms with van der Waals surface area (Å²) in [6.07, 6.45) is 27.5. The van der Waals surface area contributed by atoms with Crippen LogP contribution in [0.15, 0.2) is 98.6 Å². The smallest absolute Gasteiger partial charge is 0.303 e. The number of aliphatic carboxylic acids is 2. The maximum Gasteiger partial charge on any atom is 0.303 e. The van der Waals surface area contributed by atoms with E-state index in [1.54, 1.807) is 49.6 Å². The molecule has 6 aromatic rings. The molecule has 0 bridgehead atoms. The van der Waals surface area contributed by atoms with Crippen molar-refractivity contribution in [3.05, 3.63) is 110 Å². The van der Waals surface area contributed by atoms with E-state index in [0.717, 1.165) is 86.0 Å². The SMILES string of the molecule is O=C(O)CCCCCCCCC(=O)O.c1cncc(Cn2ccnc2-c2ncc[nH]2)c1.c1cncc(Cn2ccnc2-c2ncc[nH]2)c1. The van der Waals surface area contributed by atoms with Gasteiger partial charge in [0, 0.05) is 87.2 Å². The molecule has 6 heterocycles. The van der Waals surface area contributed by atoms with Crippen LogP contribution in [-0.4, -0.2) is 71.2 Å². The molecule has 6 aromatic heterocycles. The molecule has 0 aliphatic carbocycles. The number of nitrogens with zero attached hydrogens (tertiary/aromatic N) is 8. The van der Waals surface area contributed by atoms with Crippen molar-refractivity contribution in [2.75, 3.05) is 0 Å². The first-order valence-electron chi connectivity index (χ1n) is 15.7. The zero-order chi connectivity index (χ0) is 33.8. The number of carboxylic acid groups (broad SMARTS) is 2. The number of H-pyrrole nitrogens is 2. The van der Waals surface area contributed by atoms with E-state index in [4.69, 9.17) is 10.2 Å². The lowest BCUT2D eigenvalue weighted by molar-refractivity contribution is -0.138. The van der Waals surface area contributed by atoms with Gasteiger partial charge in [-0.1, -0.05) is 37.8 Å². The van der Waals surface area contributed by atoms with E-state index in [1.165, 1.54) is 0 Å². The van der Waals surface area contributed by atoms with Crippen molar-refractivity contribution in [3.63, 3.8) is 0 Å². The first-order chi connectivity index (χ1) is 23.5. The average Bonchev–Trinajstić information content (AvgIpc) is 3.92. The number of carbonyl (C=O) groups is 2. The summed E-state index contributed by atoms with van der Waals surface area (Å²) in [4.78, 5) is 51.6. The number of hydrogen-bond donors (Lipinski definition) is 4. The van der Waals surface area contributed by atoms with Crippen molar-refractivity contribution in [1.82, 2.24) is 49.0 Å². The van der Waals surface area contributed by atoms with Crippen LogP contribution in [0.5, 0.6) is 0 Å². The molecule has 0 unspecified atom stereocenters. The van der Waals surface area contributed by atoms with Gasteiger partial charge < -0.3 is 29.3 Å². The summed E-state index contributed by atoms with van der Waals surface area (Å²) in [5, 5.41) is 16.7. The highest BCUT2D eigenvalue weighted by Crippen LogP contribution is 2.15. The van der Waals surface area contributed by atoms with Crippen LogP contribution in [-0.2, 0) is 22.7 Å². The van der Waals surface area contributed by atoms with E-state index >= 15 is 0 Å². The molecule has 0 amide bonds. The number of rotatable bonds is 15. The topological polar surface area (TPSA) is 193 Å². The number of aromatic nitrogens is 10. The van der Waals surface area contributed by atoms with Crippen molar-refractivity contribution in [1.29, 1.82) is 0 Å². The molecule has 6 rings (SSSR count). The minimum Gasteiger partial charge on any atom is -0.481 e. The molecule has 250 valence electrons. The minimum absolute atomic E-state index is 0.245. The van der Waals surface area contributed by atoms with Crippen molar-refractivity contribution >= 4 is 11.9 Å². The number of hydrogen-bond acceptors (Lipinski definition) is 8. The van der Waals surface area contributed by atoms with Gasteiger partial charge in [0.25, 0.3) is 0 Å². The van der Waals surface area contributed by atoms with Gasteiger partial charge in [-0.15, -0.1) is 0 Å². The molecular weight excluding hydrogens is 612 g/mol. The molecule has 14 nitrogen and oxygen atoms in total. The molecule has 0 aromatic carbocycles. The number of unbranched alkanes of at least 4 members (excludes halogenated alkanes) is 5. The van der Waals surface area contributed by atoms with Crippen LogP contribution in [0.4, 0.5) is 0 Å². The molecule has 0 saturated heterocycles. The molecule has 0 aliphatic rings. The fourth-order valence-corrected chi connectivity index (χ4v) is 4.72. The first-order valence-corrected chi connectivity index (χ1v) is 15.7. The maximum absolute atomic E-state index is 10.1. The molecule has 0 spiro atoms. The van der Waals surface area contributed by atoms with Crippen LogP contribution in [0.25, 0.3) is 23.3 Å². The first kappa shape index (κ1) is 34.9. The molecule has 0 atom stereocenters. The lowest BCUT2D eigenvalue weighted by Gasteiger charge is -2.05. The van der Waals surface area contributed by atoms with E-state index in [1.807, 2.05) is 58.2 Å². The van der Waals surface area contributed by atoms with E-state index < -0.39 is 11.9 Å². The van der Waals surface area contributed by atoms with Crippen LogP contribution in [0.3, 0.4) is 0 Å². The van der Waals surface area contributed by atoms with Gasteiger partial charge in [-0.25, -0.2) is 19.9 Å². The standard InChI is InChI=1S/2C12H11N5.C10H18O4/c2*1-2-10(8-13-3-1)9-17-7-6-16-12(17)11-14-4-5-15-11;11-9(12)7-5-3-1-2-4-6-8-10(13)14/h2*1-8H,9H2,(H,14,15);1-8H2,(H,11,12)(H,13,14). The van der Waals surface area contributed by atoms with Gasteiger partial charge in [0.05, 0.1) is 13.1 Å². The van der Waals surface area contributed by atoms with Gasteiger partial charge in [0.1, 0.15) is 0 Å². The number of carboxylic acids is 2. The second-order valence-electron chi connectivity index (χ2n) is 10.8. The number of aromatic amines is 2. The van der Waals surface area contributed by atoms with Crippen LogP contribution in [0.1, 0.15) is 62.5 Å². The lowest BCUT2D eigenvalue weighted by Crippen LogP contribution is -2.02. The molecular formula is C34H40N10O4. The van der Waals surface area contributed by atoms with Gasteiger partial charge in [-0.2, -0.15) is 0 Å². The summed E-state index contributed by atoms with van der Waals surface area (Å²) < 4.78 is 4.08. The minimum atomic E-state index is -0.740. The fraction of sp³-hybridized carbons (Fsp3) is 0.294. The highest BCUT2D eigenvalue weighted by molar-refractivity contribution is 5.66. The Kier molecular flexibility index (Phi) is 14.2. The van der Waals surface area contributed by atoms with Crippen molar-refractivity contribution in [3.8, 4) is 23.3 Å². The molecule has 0 fully saturated rings. The number of imidazole rings is 4. The van der Waals surface area contributed by atoms with E-state index in [-0.39, 0.29) is 12.8 Å². The summed E-state index contributed by atoms with van der Waals surface area (Å²) in [6.45, 7) is 1.48. The van der Waals surface area contributed by atoms with Crippen molar-refractivity contribution in [2.24, 2.45) is 0 Å². The van der Waals surface area contributed by atoms with E-state index in [0.29, 0.717) is 0 Å². The molecule has 0 saturated carbocycles. The van der Waals surface area contributed by atoms with Gasteiger partial charge in [0.2, 0.25) is 0 Å². The zero-order valence-electron chi connectivity index (χ0n) is 26.6. The predicted molar refractivity (Wildman–Crippen MR) is 179 cm³/mol. The summed E-state index contributed by atoms with van der Waals surface area (Å²) in [6, 6.07) is 7.94. The highest BCUT2D eigenvalue weighted by Gasteiger charge is 2.09. The van der Waals surface area contributed by atoms with Crippen LogP contribution in [0, 0.1) is 0 Å². The van der Waals surface area contributed by atoms with Crippen molar-refractivity contribution < 1.29 is 19.8 Å². The van der Waals surface area contributed by atoms with Crippen LogP contribution >= 0.6 is 0 Å². The normalized spacial score (nSPS) is 10.4. The lowest BCUT2D eigenvalue weighted by atomic mass is 10.1. The Morgan fingerprint density at radius 2 is 1.02 bits per heavy atom. The third-order valence-electron chi connectivity index (χ3n) is 7.03. The largest absolute Gasteiger partial charge is 0.481 e. The predicted octanol–water partition coefficient (Wildman–Crippen LogP) is 5.71. The monoisotopic (exact) mass is 652 g/mol. The molecule has 0 aliphatic heterocycles. The quantitative estimate of drug-likeness (QED) is 0.0999. The summed E-state index contributed by atoms with van der Waals surface area (Å²) >= 11 is 0. The Bertz CT molecular complexity index is 1600. The summed E-state index contributed by atoms with van der Waals surface area (Å²) in [5.74, 6) is 1.74. The molecule has 0 radical (unpaired) electrons. The van der Waals surface area contributed by atoms with Gasteiger partial charge in [-0.05, 0) is 36.1 Å². The van der Waals surface area contributed by atoms with E-state index in [2.05, 4.69) is 39.9 Å². The Morgan fingerprint density at radius 3 is 1.38 bits per heavy atom. The Morgan fingerprint density at radius 1 is 0.583 bits per heavy atom. The van der Waals surface area contributed by atoms with E-state index in [9.17, 15) is 9.59 Å². The van der Waals surface area contributed by atoms with Gasteiger partial charge in [0.15, 0.2) is 23.3 Å². The summed E-state index contributed by atoms with van der Waals surface area (Å²) in [7, 11) is 0. The van der Waals surface area contributed by atoms with Gasteiger partial charge in [-0.3, -0.25) is 19.6 Å². The number of nitrogens with one attached hydrogen (secondary N) is 2.